The van der Waals surface area contributed by atoms with Gasteiger partial charge in [-0.05, 0) is 74.7 Å². The Morgan fingerprint density at radius 1 is 1.05 bits per heavy atom. The molecule has 102 valence electrons. The van der Waals surface area contributed by atoms with Gasteiger partial charge in [0.15, 0.2) is 5.78 Å². The lowest BCUT2D eigenvalue weighted by Gasteiger charge is -2.46. The van der Waals surface area contributed by atoms with E-state index in [1.54, 1.807) is 0 Å². The molecule has 0 aromatic rings. The van der Waals surface area contributed by atoms with Crippen molar-refractivity contribution < 1.29 is 4.79 Å². The fraction of sp³-hybridized carbons (Fsp3) is 0.722. The highest BCUT2D eigenvalue weighted by molar-refractivity contribution is 5.91. The van der Waals surface area contributed by atoms with Crippen LogP contribution in [-0.4, -0.2) is 5.78 Å². The first-order valence-electron chi connectivity index (χ1n) is 8.13. The monoisotopic (exact) mass is 256 g/mol. The van der Waals surface area contributed by atoms with Crippen LogP contribution in [0.3, 0.4) is 0 Å². The standard InChI is InChI=1S/C18H24O/c1-18-9-2-3-17(18)16-6-4-12-11-13(19)5-7-14(12)15(16)8-10-18/h11,14-15H,2-10H2,1H3. The second-order valence-corrected chi connectivity index (χ2v) is 7.39. The molecule has 4 aliphatic rings. The fourth-order valence-corrected chi connectivity index (χ4v) is 5.45. The predicted molar refractivity (Wildman–Crippen MR) is 76.8 cm³/mol. The van der Waals surface area contributed by atoms with Crippen LogP contribution in [0, 0.1) is 17.3 Å². The highest BCUT2D eigenvalue weighted by Crippen LogP contribution is 2.58. The third-order valence-corrected chi connectivity index (χ3v) is 6.42. The molecule has 0 spiro atoms. The van der Waals surface area contributed by atoms with Crippen molar-refractivity contribution in [3.63, 3.8) is 0 Å². The molecular formula is C18H24O. The fourth-order valence-electron chi connectivity index (χ4n) is 5.45. The third-order valence-electron chi connectivity index (χ3n) is 6.42. The summed E-state index contributed by atoms with van der Waals surface area (Å²) in [6, 6.07) is 0. The molecule has 0 amide bonds. The van der Waals surface area contributed by atoms with Crippen molar-refractivity contribution in [1.29, 1.82) is 0 Å². The van der Waals surface area contributed by atoms with Crippen LogP contribution in [0.2, 0.25) is 0 Å². The van der Waals surface area contributed by atoms with Crippen molar-refractivity contribution in [3.05, 3.63) is 22.8 Å². The maximum Gasteiger partial charge on any atom is 0.155 e. The largest absolute Gasteiger partial charge is 0.295 e. The highest BCUT2D eigenvalue weighted by Gasteiger charge is 2.45. The van der Waals surface area contributed by atoms with Gasteiger partial charge in [-0.15, -0.1) is 0 Å². The minimum absolute atomic E-state index is 0.379. The molecule has 0 aromatic heterocycles. The van der Waals surface area contributed by atoms with E-state index in [4.69, 9.17) is 0 Å². The van der Waals surface area contributed by atoms with Crippen LogP contribution in [0.5, 0.6) is 0 Å². The lowest BCUT2D eigenvalue weighted by atomic mass is 9.59. The smallest absolute Gasteiger partial charge is 0.155 e. The molecular weight excluding hydrogens is 232 g/mol. The summed E-state index contributed by atoms with van der Waals surface area (Å²) in [5.74, 6) is 1.90. The zero-order valence-corrected chi connectivity index (χ0v) is 12.0. The van der Waals surface area contributed by atoms with Crippen molar-refractivity contribution in [2.75, 3.05) is 0 Å². The van der Waals surface area contributed by atoms with E-state index < -0.39 is 0 Å². The van der Waals surface area contributed by atoms with E-state index in [9.17, 15) is 4.79 Å². The molecule has 4 aliphatic carbocycles. The van der Waals surface area contributed by atoms with Crippen molar-refractivity contribution in [1.82, 2.24) is 0 Å². The highest BCUT2D eigenvalue weighted by atomic mass is 16.1. The molecule has 3 unspecified atom stereocenters. The van der Waals surface area contributed by atoms with Gasteiger partial charge in [0.2, 0.25) is 0 Å². The van der Waals surface area contributed by atoms with Crippen LogP contribution in [0.1, 0.15) is 64.7 Å². The summed E-state index contributed by atoms with van der Waals surface area (Å²) >= 11 is 0. The maximum absolute atomic E-state index is 11.6. The van der Waals surface area contributed by atoms with Crippen molar-refractivity contribution in [2.45, 2.75) is 64.7 Å². The van der Waals surface area contributed by atoms with Crippen molar-refractivity contribution in [3.8, 4) is 0 Å². The Labute approximate surface area is 116 Å². The van der Waals surface area contributed by atoms with E-state index in [0.29, 0.717) is 11.2 Å². The van der Waals surface area contributed by atoms with E-state index in [-0.39, 0.29) is 0 Å². The minimum atomic E-state index is 0.379. The number of allylic oxidation sites excluding steroid dienone is 4. The summed E-state index contributed by atoms with van der Waals surface area (Å²) < 4.78 is 0. The Balaban J connectivity index is 1.74. The number of fused-ring (bicyclic) bond motifs is 4. The van der Waals surface area contributed by atoms with E-state index in [0.717, 1.165) is 24.7 Å². The summed E-state index contributed by atoms with van der Waals surface area (Å²) in [6.07, 6.45) is 13.3. The minimum Gasteiger partial charge on any atom is -0.295 e. The quantitative estimate of drug-likeness (QED) is 0.580. The second kappa shape index (κ2) is 4.07. The first-order valence-corrected chi connectivity index (χ1v) is 8.13. The van der Waals surface area contributed by atoms with Gasteiger partial charge in [0, 0.05) is 6.42 Å². The molecule has 0 bridgehead atoms. The molecule has 2 saturated carbocycles. The van der Waals surface area contributed by atoms with Crippen molar-refractivity contribution in [2.24, 2.45) is 17.3 Å². The normalized spacial score (nSPS) is 41.5. The Kier molecular flexibility index (Phi) is 2.56. The SMILES string of the molecule is CC12CCCC1=C1CCC3=CC(=O)CCC3C1CC2. The van der Waals surface area contributed by atoms with Gasteiger partial charge in [-0.1, -0.05) is 23.6 Å². The molecule has 0 radical (unpaired) electrons. The van der Waals surface area contributed by atoms with E-state index in [1.165, 1.54) is 50.5 Å². The topological polar surface area (TPSA) is 17.1 Å². The van der Waals surface area contributed by atoms with E-state index in [1.807, 2.05) is 17.2 Å². The summed E-state index contributed by atoms with van der Waals surface area (Å²) in [7, 11) is 0. The molecule has 0 saturated heterocycles. The lowest BCUT2D eigenvalue weighted by Crippen LogP contribution is -2.34. The first kappa shape index (κ1) is 11.9. The molecule has 19 heavy (non-hydrogen) atoms. The van der Waals surface area contributed by atoms with Crippen LogP contribution in [0.15, 0.2) is 22.8 Å². The Morgan fingerprint density at radius 2 is 1.95 bits per heavy atom. The molecule has 4 rings (SSSR count). The van der Waals surface area contributed by atoms with Crippen LogP contribution < -0.4 is 0 Å². The number of rotatable bonds is 0. The molecule has 0 N–H and O–H groups in total. The van der Waals surface area contributed by atoms with Gasteiger partial charge in [-0.3, -0.25) is 4.79 Å². The van der Waals surface area contributed by atoms with Gasteiger partial charge in [-0.2, -0.15) is 0 Å². The Bertz CT molecular complexity index is 496. The Morgan fingerprint density at radius 3 is 2.84 bits per heavy atom. The van der Waals surface area contributed by atoms with Crippen molar-refractivity contribution >= 4 is 5.78 Å². The van der Waals surface area contributed by atoms with Gasteiger partial charge in [-0.25, -0.2) is 0 Å². The number of ketones is 1. The molecule has 0 aromatic carbocycles. The number of carbonyl (C=O) groups excluding carboxylic acids is 1. The van der Waals surface area contributed by atoms with Gasteiger partial charge >= 0.3 is 0 Å². The summed E-state index contributed by atoms with van der Waals surface area (Å²) in [5.41, 5.74) is 5.73. The van der Waals surface area contributed by atoms with Crippen LogP contribution in [0.25, 0.3) is 0 Å². The predicted octanol–water partition coefficient (Wildman–Crippen LogP) is 4.58. The zero-order chi connectivity index (χ0) is 13.0. The first-order chi connectivity index (χ1) is 9.17. The number of carbonyl (C=O) groups is 1. The van der Waals surface area contributed by atoms with Gasteiger partial charge < -0.3 is 0 Å². The van der Waals surface area contributed by atoms with Gasteiger partial charge in [0.25, 0.3) is 0 Å². The number of hydrogen-bond donors (Lipinski definition) is 0. The summed E-state index contributed by atoms with van der Waals surface area (Å²) in [5, 5.41) is 0. The number of hydrogen-bond acceptors (Lipinski definition) is 1. The van der Waals surface area contributed by atoms with Crippen LogP contribution in [-0.2, 0) is 4.79 Å². The van der Waals surface area contributed by atoms with Gasteiger partial charge in [0.1, 0.15) is 0 Å². The molecule has 1 nitrogen and oxygen atoms in total. The third kappa shape index (κ3) is 1.70. The Hall–Kier alpha value is -0.850. The maximum atomic E-state index is 11.6. The molecule has 1 heteroatoms. The molecule has 2 fully saturated rings. The van der Waals surface area contributed by atoms with E-state index >= 15 is 0 Å². The van der Waals surface area contributed by atoms with Gasteiger partial charge in [0.05, 0.1) is 0 Å². The molecule has 0 heterocycles. The average Bonchev–Trinajstić information content (AvgIpc) is 2.79. The second-order valence-electron chi connectivity index (χ2n) is 7.39. The summed E-state index contributed by atoms with van der Waals surface area (Å²) in [4.78, 5) is 11.6. The zero-order valence-electron chi connectivity index (χ0n) is 12.0. The lowest BCUT2D eigenvalue weighted by molar-refractivity contribution is -0.115. The van der Waals surface area contributed by atoms with E-state index in [2.05, 4.69) is 6.92 Å². The van der Waals surface area contributed by atoms with Crippen LogP contribution in [0.4, 0.5) is 0 Å². The molecule has 3 atom stereocenters. The van der Waals surface area contributed by atoms with Crippen LogP contribution >= 0.6 is 0 Å². The average molecular weight is 256 g/mol. The summed E-state index contributed by atoms with van der Waals surface area (Å²) in [6.45, 7) is 2.51. The molecule has 0 aliphatic heterocycles.